The molecule has 0 unspecified atom stereocenters. The quantitative estimate of drug-likeness (QED) is 0.726. The fraction of sp³-hybridized carbons (Fsp3) is 0.143. The van der Waals surface area contributed by atoms with E-state index in [1.165, 1.54) is 0 Å². The number of hydrogen-bond donors (Lipinski definition) is 1. The van der Waals surface area contributed by atoms with Crippen LogP contribution in [0.15, 0.2) is 11.0 Å². The lowest BCUT2D eigenvalue weighted by atomic mass is 10.2. The summed E-state index contributed by atoms with van der Waals surface area (Å²) in [5.74, 6) is -4.61. The Balaban J connectivity index is 3.70. The summed E-state index contributed by atoms with van der Waals surface area (Å²) in [6.45, 7) is 1.11. The van der Waals surface area contributed by atoms with E-state index in [1.807, 2.05) is 0 Å². The first-order chi connectivity index (χ1) is 6.25. The van der Waals surface area contributed by atoms with E-state index in [2.05, 4.69) is 5.14 Å². The zero-order valence-electron chi connectivity index (χ0n) is 7.01. The molecule has 14 heavy (non-hydrogen) atoms. The molecule has 78 valence electrons. The number of hydrogen-bond acceptors (Lipinski definition) is 2. The number of primary sulfonamides is 1. The molecule has 0 aromatic heterocycles. The fourth-order valence-corrected chi connectivity index (χ4v) is 1.63. The third-order valence-corrected chi connectivity index (χ3v) is 2.53. The largest absolute Gasteiger partial charge is 0.244 e. The van der Waals surface area contributed by atoms with Crippen molar-refractivity contribution in [2.24, 2.45) is 5.14 Å². The second kappa shape index (κ2) is 3.25. The van der Waals surface area contributed by atoms with Crippen LogP contribution in [-0.4, -0.2) is 8.42 Å². The molecule has 0 aliphatic carbocycles. The first-order valence-electron chi connectivity index (χ1n) is 3.42. The van der Waals surface area contributed by atoms with Crippen molar-refractivity contribution in [3.05, 3.63) is 29.1 Å². The Morgan fingerprint density at radius 3 is 2.14 bits per heavy atom. The van der Waals surface area contributed by atoms with Crippen LogP contribution in [0.2, 0.25) is 0 Å². The van der Waals surface area contributed by atoms with Crippen molar-refractivity contribution in [1.82, 2.24) is 0 Å². The van der Waals surface area contributed by atoms with Gasteiger partial charge < -0.3 is 0 Å². The van der Waals surface area contributed by atoms with Gasteiger partial charge in [-0.05, 0) is 18.6 Å². The maximum Gasteiger partial charge on any atom is 0.244 e. The van der Waals surface area contributed by atoms with E-state index < -0.39 is 32.4 Å². The molecule has 3 nitrogen and oxygen atoms in total. The molecule has 1 aromatic rings. The van der Waals surface area contributed by atoms with Gasteiger partial charge in [-0.25, -0.2) is 26.7 Å². The summed E-state index contributed by atoms with van der Waals surface area (Å²) in [6.07, 6.45) is 0. The third-order valence-electron chi connectivity index (χ3n) is 1.58. The summed E-state index contributed by atoms with van der Waals surface area (Å²) in [4.78, 5) is -1.44. The predicted molar refractivity (Wildman–Crippen MR) is 42.4 cm³/mol. The normalized spacial score (nSPS) is 11.8. The minimum absolute atomic E-state index is 0.326. The van der Waals surface area contributed by atoms with Gasteiger partial charge in [0.05, 0.1) is 0 Å². The maximum atomic E-state index is 12.9. The van der Waals surface area contributed by atoms with Gasteiger partial charge in [-0.15, -0.1) is 0 Å². The Kier molecular flexibility index (Phi) is 2.55. The number of benzene rings is 1. The summed E-state index contributed by atoms with van der Waals surface area (Å²) in [6, 6.07) is 0.568. The molecule has 0 atom stereocenters. The van der Waals surface area contributed by atoms with Crippen LogP contribution in [0.1, 0.15) is 5.56 Å². The first kappa shape index (κ1) is 11.0. The molecule has 0 spiro atoms. The lowest BCUT2D eigenvalue weighted by Crippen LogP contribution is -2.17. The van der Waals surface area contributed by atoms with Crippen molar-refractivity contribution in [2.45, 2.75) is 11.8 Å². The van der Waals surface area contributed by atoms with Gasteiger partial charge in [0, 0.05) is 0 Å². The zero-order chi connectivity index (χ0) is 11.1. The molecule has 0 radical (unpaired) electrons. The van der Waals surface area contributed by atoms with Gasteiger partial charge in [0.25, 0.3) is 0 Å². The van der Waals surface area contributed by atoms with Gasteiger partial charge in [-0.3, -0.25) is 0 Å². The van der Waals surface area contributed by atoms with Crippen LogP contribution in [0.4, 0.5) is 13.2 Å². The van der Waals surface area contributed by atoms with Gasteiger partial charge in [-0.2, -0.15) is 0 Å². The summed E-state index contributed by atoms with van der Waals surface area (Å²) in [7, 11) is -4.59. The van der Waals surface area contributed by atoms with Gasteiger partial charge in [0.2, 0.25) is 10.0 Å². The lowest BCUT2D eigenvalue weighted by Gasteiger charge is -2.05. The standard InChI is InChI=1S/C7H6F3NO2S/c1-3-2-4(8)7(14(11,12)13)6(10)5(3)9/h2H,1H3,(H2,11,12,13). The van der Waals surface area contributed by atoms with Crippen molar-refractivity contribution < 1.29 is 21.6 Å². The van der Waals surface area contributed by atoms with Crippen LogP contribution in [0.3, 0.4) is 0 Å². The molecule has 0 heterocycles. The number of halogens is 3. The topological polar surface area (TPSA) is 60.2 Å². The zero-order valence-corrected chi connectivity index (χ0v) is 7.83. The van der Waals surface area contributed by atoms with E-state index in [1.54, 1.807) is 0 Å². The molecule has 0 amide bonds. The van der Waals surface area contributed by atoms with E-state index in [0.717, 1.165) is 6.92 Å². The Morgan fingerprint density at radius 2 is 1.71 bits per heavy atom. The molecule has 0 aliphatic rings. The van der Waals surface area contributed by atoms with E-state index in [4.69, 9.17) is 0 Å². The molecule has 1 rings (SSSR count). The molecule has 2 N–H and O–H groups in total. The van der Waals surface area contributed by atoms with Crippen LogP contribution < -0.4 is 5.14 Å². The minimum atomic E-state index is -4.59. The van der Waals surface area contributed by atoms with Crippen molar-refractivity contribution in [2.75, 3.05) is 0 Å². The summed E-state index contributed by atoms with van der Waals surface area (Å²) in [5.41, 5.74) is -0.326. The maximum absolute atomic E-state index is 12.9. The number of aryl methyl sites for hydroxylation is 1. The van der Waals surface area contributed by atoms with E-state index in [9.17, 15) is 21.6 Å². The van der Waals surface area contributed by atoms with E-state index in [-0.39, 0.29) is 5.56 Å². The highest BCUT2D eigenvalue weighted by Crippen LogP contribution is 2.22. The number of sulfonamides is 1. The SMILES string of the molecule is Cc1cc(F)c(S(N)(=O)=O)c(F)c1F. The molecular formula is C7H6F3NO2S. The Morgan fingerprint density at radius 1 is 1.21 bits per heavy atom. The highest BCUT2D eigenvalue weighted by Gasteiger charge is 2.24. The Hall–Kier alpha value is -1.08. The second-order valence-corrected chi connectivity index (χ2v) is 4.18. The third kappa shape index (κ3) is 1.73. The number of nitrogens with two attached hydrogens (primary N) is 1. The monoisotopic (exact) mass is 225 g/mol. The molecule has 0 saturated carbocycles. The van der Waals surface area contributed by atoms with Crippen molar-refractivity contribution in [3.8, 4) is 0 Å². The van der Waals surface area contributed by atoms with Crippen LogP contribution >= 0.6 is 0 Å². The van der Waals surface area contributed by atoms with Gasteiger partial charge in [0.15, 0.2) is 16.5 Å². The fourth-order valence-electron chi connectivity index (χ4n) is 0.957. The number of rotatable bonds is 1. The van der Waals surface area contributed by atoms with Gasteiger partial charge in [-0.1, -0.05) is 0 Å². The first-order valence-corrected chi connectivity index (χ1v) is 4.96. The van der Waals surface area contributed by atoms with Gasteiger partial charge >= 0.3 is 0 Å². The molecule has 0 saturated heterocycles. The molecule has 0 bridgehead atoms. The van der Waals surface area contributed by atoms with Crippen molar-refractivity contribution in [1.29, 1.82) is 0 Å². The highest BCUT2D eigenvalue weighted by atomic mass is 32.2. The molecule has 7 heteroatoms. The predicted octanol–water partition coefficient (Wildman–Crippen LogP) is 1.06. The second-order valence-electron chi connectivity index (χ2n) is 2.68. The van der Waals surface area contributed by atoms with Crippen LogP contribution in [0.5, 0.6) is 0 Å². The minimum Gasteiger partial charge on any atom is -0.224 e. The van der Waals surface area contributed by atoms with Gasteiger partial charge in [0.1, 0.15) is 5.82 Å². The van der Waals surface area contributed by atoms with E-state index >= 15 is 0 Å². The van der Waals surface area contributed by atoms with Crippen LogP contribution in [0.25, 0.3) is 0 Å². The Bertz CT molecular complexity index is 484. The molecular weight excluding hydrogens is 219 g/mol. The van der Waals surface area contributed by atoms with Crippen LogP contribution in [0, 0.1) is 24.4 Å². The molecule has 0 fully saturated rings. The smallest absolute Gasteiger partial charge is 0.224 e. The highest BCUT2D eigenvalue weighted by molar-refractivity contribution is 7.89. The Labute approximate surface area is 78.4 Å². The summed E-state index contributed by atoms with van der Waals surface area (Å²) in [5, 5.41) is 4.50. The van der Waals surface area contributed by atoms with Crippen molar-refractivity contribution in [3.63, 3.8) is 0 Å². The average Bonchev–Trinajstić information content (AvgIpc) is 1.97. The average molecular weight is 225 g/mol. The van der Waals surface area contributed by atoms with Crippen LogP contribution in [-0.2, 0) is 10.0 Å². The summed E-state index contributed by atoms with van der Waals surface area (Å²) >= 11 is 0. The molecule has 0 aliphatic heterocycles. The van der Waals surface area contributed by atoms with Crippen molar-refractivity contribution >= 4 is 10.0 Å². The lowest BCUT2D eigenvalue weighted by molar-refractivity contribution is 0.454. The molecule has 1 aromatic carbocycles. The summed E-state index contributed by atoms with van der Waals surface area (Å²) < 4.78 is 60.0. The van der Waals surface area contributed by atoms with E-state index in [0.29, 0.717) is 6.07 Å².